The van der Waals surface area contributed by atoms with Crippen LogP contribution in [0.2, 0.25) is 10.0 Å². The molecule has 0 saturated carbocycles. The summed E-state index contributed by atoms with van der Waals surface area (Å²) in [6, 6.07) is 4.98. The zero-order valence-corrected chi connectivity index (χ0v) is 18.0. The first-order chi connectivity index (χ1) is 13.5. The number of carbonyl (C=O) groups excluding carboxylic acids is 1. The summed E-state index contributed by atoms with van der Waals surface area (Å²) < 4.78 is 29.1. The van der Waals surface area contributed by atoms with Crippen LogP contribution in [0.15, 0.2) is 34.0 Å². The van der Waals surface area contributed by atoms with Gasteiger partial charge >= 0.3 is 0 Å². The van der Waals surface area contributed by atoms with Crippen LogP contribution in [0.25, 0.3) is 0 Å². The van der Waals surface area contributed by atoms with Gasteiger partial charge in [0.1, 0.15) is 4.90 Å². The average Bonchev–Trinajstić information content (AvgIpc) is 2.62. The highest BCUT2D eigenvalue weighted by atomic mass is 35.5. The fraction of sp³-hybridized carbons (Fsp3) is 0.333. The zero-order valence-electron chi connectivity index (χ0n) is 15.6. The minimum atomic E-state index is -4.01. The molecule has 0 saturated heterocycles. The number of sulfonamides is 1. The van der Waals surface area contributed by atoms with Crippen molar-refractivity contribution >= 4 is 39.1 Å². The van der Waals surface area contributed by atoms with Gasteiger partial charge in [-0.3, -0.25) is 9.59 Å². The summed E-state index contributed by atoms with van der Waals surface area (Å²) in [4.78, 5) is 26.3. The average molecular weight is 460 g/mol. The van der Waals surface area contributed by atoms with E-state index in [0.29, 0.717) is 18.1 Å². The molecule has 1 aliphatic heterocycles. The van der Waals surface area contributed by atoms with Crippen molar-refractivity contribution in [3.8, 4) is 5.75 Å². The molecule has 1 aromatic heterocycles. The fourth-order valence-corrected chi connectivity index (χ4v) is 4.95. The Kier molecular flexibility index (Phi) is 5.96. The van der Waals surface area contributed by atoms with E-state index in [4.69, 9.17) is 23.2 Å². The Labute approximate surface area is 177 Å². The van der Waals surface area contributed by atoms with Crippen LogP contribution in [-0.4, -0.2) is 41.5 Å². The second kappa shape index (κ2) is 7.98. The molecule has 8 nitrogen and oxygen atoms in total. The smallest absolute Gasteiger partial charge is 0.274 e. The molecule has 2 N–H and O–H groups in total. The molecule has 0 aliphatic carbocycles. The number of rotatable bonds is 5. The number of pyridine rings is 1. The number of benzene rings is 1. The summed E-state index contributed by atoms with van der Waals surface area (Å²) in [5.74, 6) is -1.13. The second-order valence-corrected chi connectivity index (χ2v) is 9.42. The van der Waals surface area contributed by atoms with Crippen LogP contribution < -0.4 is 10.2 Å². The van der Waals surface area contributed by atoms with Crippen LogP contribution in [0.4, 0.5) is 0 Å². The van der Waals surface area contributed by atoms with E-state index in [1.165, 1.54) is 27.7 Å². The van der Waals surface area contributed by atoms with Crippen molar-refractivity contribution in [2.75, 3.05) is 6.54 Å². The molecule has 1 amide bonds. The van der Waals surface area contributed by atoms with Crippen molar-refractivity contribution in [3.63, 3.8) is 0 Å². The van der Waals surface area contributed by atoms with E-state index in [9.17, 15) is 23.1 Å². The highest BCUT2D eigenvalue weighted by Gasteiger charge is 2.31. The summed E-state index contributed by atoms with van der Waals surface area (Å²) in [5, 5.41) is 10.4. The molecule has 2 heterocycles. The molecule has 29 heavy (non-hydrogen) atoms. The molecule has 0 radical (unpaired) electrons. The topological polar surface area (TPSA) is 109 Å². The lowest BCUT2D eigenvalue weighted by molar-refractivity contribution is 0.0639. The number of halogens is 2. The Hall–Kier alpha value is -2.07. The maximum Gasteiger partial charge on any atom is 0.274 e. The summed E-state index contributed by atoms with van der Waals surface area (Å²) in [6.07, 6.45) is 0. The lowest BCUT2D eigenvalue weighted by Crippen LogP contribution is -2.46. The second-order valence-electron chi connectivity index (χ2n) is 6.84. The maximum absolute atomic E-state index is 12.7. The number of hydrogen-bond acceptors (Lipinski definition) is 5. The van der Waals surface area contributed by atoms with Crippen molar-refractivity contribution in [3.05, 3.63) is 55.9 Å². The van der Waals surface area contributed by atoms with Gasteiger partial charge in [-0.25, -0.2) is 13.1 Å². The molecular weight excluding hydrogens is 441 g/mol. The van der Waals surface area contributed by atoms with Gasteiger partial charge in [0.05, 0.1) is 11.6 Å². The van der Waals surface area contributed by atoms with Crippen molar-refractivity contribution in [1.82, 2.24) is 14.2 Å². The molecule has 3 rings (SSSR count). The summed E-state index contributed by atoms with van der Waals surface area (Å²) >= 11 is 11.8. The predicted molar refractivity (Wildman–Crippen MR) is 109 cm³/mol. The fourth-order valence-electron chi connectivity index (χ4n) is 3.18. The van der Waals surface area contributed by atoms with Gasteiger partial charge in [0.15, 0.2) is 11.4 Å². The number of hydrogen-bond donors (Lipinski definition) is 2. The van der Waals surface area contributed by atoms with Gasteiger partial charge in [-0.2, -0.15) is 0 Å². The molecule has 0 atom stereocenters. The van der Waals surface area contributed by atoms with Crippen LogP contribution in [0.5, 0.6) is 5.75 Å². The standard InChI is InChI=1S/C18H19Cl2N3O5S/c1-10(2)22-5-6-23-12(8-14(24)17(25)16(23)18(22)26)9-21-29(27,28)15-4-3-11(19)7-13(15)20/h3-4,7-8,10,21,25H,5-6,9H2,1-2H3. The quantitative estimate of drug-likeness (QED) is 0.711. The Balaban J connectivity index is 1.96. The van der Waals surface area contributed by atoms with Crippen molar-refractivity contribution < 1.29 is 18.3 Å². The van der Waals surface area contributed by atoms with E-state index in [0.717, 1.165) is 6.07 Å². The monoisotopic (exact) mass is 459 g/mol. The van der Waals surface area contributed by atoms with Gasteiger partial charge in [0, 0.05) is 35.9 Å². The van der Waals surface area contributed by atoms with Crippen LogP contribution in [0.1, 0.15) is 30.0 Å². The number of amides is 1. The highest BCUT2D eigenvalue weighted by molar-refractivity contribution is 7.89. The SMILES string of the molecule is CC(C)N1CCn2c(CNS(=O)(=O)c3ccc(Cl)cc3Cl)cc(=O)c(O)c2C1=O. The normalized spacial score (nSPS) is 14.4. The third kappa shape index (κ3) is 4.13. The first-order valence-electron chi connectivity index (χ1n) is 8.74. The largest absolute Gasteiger partial charge is 0.503 e. The molecule has 0 bridgehead atoms. The van der Waals surface area contributed by atoms with E-state index in [-0.39, 0.29) is 33.9 Å². The zero-order chi connectivity index (χ0) is 21.5. The van der Waals surface area contributed by atoms with Gasteiger partial charge < -0.3 is 14.6 Å². The Morgan fingerprint density at radius 1 is 1.17 bits per heavy atom. The summed E-state index contributed by atoms with van der Waals surface area (Å²) in [5.41, 5.74) is -0.640. The van der Waals surface area contributed by atoms with Gasteiger partial charge in [-0.15, -0.1) is 0 Å². The van der Waals surface area contributed by atoms with Crippen LogP contribution >= 0.6 is 23.2 Å². The number of fused-ring (bicyclic) bond motifs is 1. The van der Waals surface area contributed by atoms with Gasteiger partial charge in [-0.1, -0.05) is 23.2 Å². The highest BCUT2D eigenvalue weighted by Crippen LogP contribution is 2.26. The number of carbonyl (C=O) groups is 1. The van der Waals surface area contributed by atoms with E-state index < -0.39 is 27.1 Å². The van der Waals surface area contributed by atoms with Gasteiger partial charge in [-0.05, 0) is 32.0 Å². The lowest BCUT2D eigenvalue weighted by atomic mass is 10.1. The van der Waals surface area contributed by atoms with E-state index >= 15 is 0 Å². The number of nitrogens with one attached hydrogen (secondary N) is 1. The molecule has 11 heteroatoms. The molecule has 2 aromatic rings. The minimum Gasteiger partial charge on any atom is -0.503 e. The molecule has 0 fully saturated rings. The first-order valence-corrected chi connectivity index (χ1v) is 11.0. The van der Waals surface area contributed by atoms with E-state index in [1.54, 1.807) is 0 Å². The first kappa shape index (κ1) is 21.6. The Morgan fingerprint density at radius 2 is 1.86 bits per heavy atom. The van der Waals surface area contributed by atoms with Gasteiger partial charge in [0.2, 0.25) is 15.5 Å². The van der Waals surface area contributed by atoms with E-state index in [2.05, 4.69) is 4.72 Å². The van der Waals surface area contributed by atoms with E-state index in [1.807, 2.05) is 13.8 Å². The molecule has 1 aliphatic rings. The molecule has 1 aromatic carbocycles. The third-order valence-electron chi connectivity index (χ3n) is 4.65. The lowest BCUT2D eigenvalue weighted by Gasteiger charge is -2.34. The molecule has 0 unspecified atom stereocenters. The van der Waals surface area contributed by atoms with Crippen LogP contribution in [0, 0.1) is 0 Å². The van der Waals surface area contributed by atoms with Crippen molar-refractivity contribution in [2.45, 2.75) is 37.9 Å². The Bertz CT molecular complexity index is 1140. The van der Waals surface area contributed by atoms with Crippen molar-refractivity contribution in [2.24, 2.45) is 0 Å². The van der Waals surface area contributed by atoms with Crippen LogP contribution in [0.3, 0.4) is 0 Å². The predicted octanol–water partition coefficient (Wildman–Crippen LogP) is 2.20. The molecule has 0 spiro atoms. The third-order valence-corrected chi connectivity index (χ3v) is 6.77. The Morgan fingerprint density at radius 3 is 2.48 bits per heavy atom. The molecular formula is C18H19Cl2N3O5S. The van der Waals surface area contributed by atoms with Crippen LogP contribution in [-0.2, 0) is 23.1 Å². The minimum absolute atomic E-state index is 0.0438. The number of aromatic nitrogens is 1. The molecule has 156 valence electrons. The van der Waals surface area contributed by atoms with Crippen molar-refractivity contribution in [1.29, 1.82) is 0 Å². The number of nitrogens with zero attached hydrogens (tertiary/aromatic N) is 2. The summed E-state index contributed by atoms with van der Waals surface area (Å²) in [7, 11) is -4.01. The van der Waals surface area contributed by atoms with Gasteiger partial charge in [0.25, 0.3) is 5.91 Å². The summed E-state index contributed by atoms with van der Waals surface area (Å²) in [6.45, 7) is 4.08. The number of aromatic hydroxyl groups is 1. The maximum atomic E-state index is 12.7.